The maximum atomic E-state index is 13.5. The predicted molar refractivity (Wildman–Crippen MR) is 126 cm³/mol. The van der Waals surface area contributed by atoms with Gasteiger partial charge in [-0.2, -0.15) is 0 Å². The fourth-order valence-electron chi connectivity index (χ4n) is 4.50. The van der Waals surface area contributed by atoms with Gasteiger partial charge in [-0.1, -0.05) is 52.3 Å². The average Bonchev–Trinajstić information content (AvgIpc) is 3.18. The van der Waals surface area contributed by atoms with Crippen LogP contribution in [0.3, 0.4) is 0 Å². The van der Waals surface area contributed by atoms with Crippen LogP contribution in [0.1, 0.15) is 69.3 Å². The van der Waals surface area contributed by atoms with Gasteiger partial charge in [0.05, 0.1) is 12.6 Å². The number of amides is 3. The number of carbonyl (C=O) groups is 3. The fraction of sp³-hybridized carbons (Fsp3) is 0.625. The van der Waals surface area contributed by atoms with Crippen LogP contribution in [0.2, 0.25) is 0 Å². The number of thioether (sulfide) groups is 1. The van der Waals surface area contributed by atoms with E-state index in [-0.39, 0.29) is 47.6 Å². The molecule has 1 aromatic carbocycles. The Bertz CT molecular complexity index is 888. The van der Waals surface area contributed by atoms with Crippen LogP contribution < -0.4 is 10.6 Å². The second-order valence-electron chi connectivity index (χ2n) is 9.69. The van der Waals surface area contributed by atoms with Crippen LogP contribution in [0.5, 0.6) is 0 Å². The van der Waals surface area contributed by atoms with E-state index in [0.717, 1.165) is 12.0 Å². The zero-order chi connectivity index (χ0) is 23.8. The molecule has 2 aliphatic rings. The molecule has 3 rings (SSSR count). The molecular weight excluding hydrogens is 426 g/mol. The van der Waals surface area contributed by atoms with Crippen molar-refractivity contribution in [3.63, 3.8) is 0 Å². The summed E-state index contributed by atoms with van der Waals surface area (Å²) >= 11 is 1.60. The number of benzene rings is 1. The first kappa shape index (κ1) is 24.6. The summed E-state index contributed by atoms with van der Waals surface area (Å²) in [5, 5.41) is 15.3. The quantitative estimate of drug-likeness (QED) is 0.553. The van der Waals surface area contributed by atoms with Gasteiger partial charge in [-0.05, 0) is 37.3 Å². The van der Waals surface area contributed by atoms with Gasteiger partial charge in [0.15, 0.2) is 0 Å². The van der Waals surface area contributed by atoms with E-state index in [0.29, 0.717) is 5.56 Å². The van der Waals surface area contributed by atoms with E-state index >= 15 is 0 Å². The zero-order valence-corrected chi connectivity index (χ0v) is 20.5. The molecule has 32 heavy (non-hydrogen) atoms. The molecular formula is C24H35N3O4S. The Hall–Kier alpha value is -2.06. The second-order valence-corrected chi connectivity index (χ2v) is 11.4. The normalized spacial score (nSPS) is 24.0. The van der Waals surface area contributed by atoms with E-state index < -0.39 is 16.8 Å². The van der Waals surface area contributed by atoms with Crippen LogP contribution in [-0.4, -0.2) is 57.2 Å². The summed E-state index contributed by atoms with van der Waals surface area (Å²) in [4.78, 5) is 41.4. The van der Waals surface area contributed by atoms with Gasteiger partial charge in [0.25, 0.3) is 5.91 Å². The van der Waals surface area contributed by atoms with Crippen LogP contribution in [0, 0.1) is 11.8 Å². The highest BCUT2D eigenvalue weighted by atomic mass is 32.2. The van der Waals surface area contributed by atoms with Crippen molar-refractivity contribution >= 4 is 29.5 Å². The van der Waals surface area contributed by atoms with Gasteiger partial charge < -0.3 is 20.6 Å². The van der Waals surface area contributed by atoms with E-state index in [1.165, 1.54) is 0 Å². The predicted octanol–water partition coefficient (Wildman–Crippen LogP) is 2.70. The summed E-state index contributed by atoms with van der Waals surface area (Å²) in [5.74, 6) is -0.840. The monoisotopic (exact) mass is 461 g/mol. The molecule has 3 N–H and O–H groups in total. The number of carbonyl (C=O) groups excluding carboxylic acids is 3. The molecule has 1 saturated heterocycles. The van der Waals surface area contributed by atoms with Gasteiger partial charge >= 0.3 is 0 Å². The third-order valence-corrected chi connectivity index (χ3v) is 8.18. The Morgan fingerprint density at radius 3 is 2.44 bits per heavy atom. The topological polar surface area (TPSA) is 98.7 Å². The Morgan fingerprint density at radius 2 is 1.84 bits per heavy atom. The summed E-state index contributed by atoms with van der Waals surface area (Å²) in [6.07, 6.45) is 0.816. The molecule has 0 aromatic heterocycles. The van der Waals surface area contributed by atoms with E-state index in [2.05, 4.69) is 10.6 Å². The van der Waals surface area contributed by atoms with Crippen LogP contribution in [0.4, 0.5) is 0 Å². The highest BCUT2D eigenvalue weighted by Gasteiger charge is 2.57. The summed E-state index contributed by atoms with van der Waals surface area (Å²) in [6.45, 7) is 11.5. The van der Waals surface area contributed by atoms with Crippen LogP contribution in [0.15, 0.2) is 24.3 Å². The van der Waals surface area contributed by atoms with Crippen molar-refractivity contribution < 1.29 is 19.5 Å². The molecule has 2 heterocycles. The third-order valence-electron chi connectivity index (χ3n) is 6.65. The summed E-state index contributed by atoms with van der Waals surface area (Å²) in [6, 6.07) is 5.64. The molecule has 0 radical (unpaired) electrons. The number of fused-ring (bicyclic) bond motifs is 3. The summed E-state index contributed by atoms with van der Waals surface area (Å²) < 4.78 is -0.514. The molecule has 3 amide bonds. The number of nitrogens with zero attached hydrogens (tertiary/aromatic N) is 1. The van der Waals surface area contributed by atoms with E-state index in [1.54, 1.807) is 22.7 Å². The van der Waals surface area contributed by atoms with Crippen molar-refractivity contribution in [1.82, 2.24) is 15.5 Å². The minimum Gasteiger partial charge on any atom is -0.394 e. The first-order chi connectivity index (χ1) is 15.0. The molecule has 2 aliphatic heterocycles. The summed E-state index contributed by atoms with van der Waals surface area (Å²) in [7, 11) is 0. The lowest BCUT2D eigenvalue weighted by Crippen LogP contribution is -2.59. The number of aliphatic hydroxyl groups excluding tert-OH is 1. The molecule has 0 saturated carbocycles. The van der Waals surface area contributed by atoms with Gasteiger partial charge in [-0.25, -0.2) is 0 Å². The lowest BCUT2D eigenvalue weighted by Gasteiger charge is -2.32. The minimum atomic E-state index is -0.763. The lowest BCUT2D eigenvalue weighted by atomic mass is 9.96. The van der Waals surface area contributed by atoms with Crippen molar-refractivity contribution in [3.8, 4) is 0 Å². The molecule has 0 spiro atoms. The van der Waals surface area contributed by atoms with Gasteiger partial charge in [-0.3, -0.25) is 14.4 Å². The van der Waals surface area contributed by atoms with Crippen LogP contribution in [0.25, 0.3) is 0 Å². The Morgan fingerprint density at radius 1 is 1.19 bits per heavy atom. The molecule has 176 valence electrons. The highest BCUT2D eigenvalue weighted by Crippen LogP contribution is 2.56. The first-order valence-electron chi connectivity index (χ1n) is 11.3. The smallest absolute Gasteiger partial charge is 0.256 e. The second kappa shape index (κ2) is 9.43. The molecule has 0 bridgehead atoms. The van der Waals surface area contributed by atoms with E-state index in [9.17, 15) is 19.5 Å². The van der Waals surface area contributed by atoms with Gasteiger partial charge in [-0.15, -0.1) is 11.8 Å². The number of rotatable bonds is 8. The lowest BCUT2D eigenvalue weighted by molar-refractivity contribution is -0.133. The highest BCUT2D eigenvalue weighted by molar-refractivity contribution is 8.01. The zero-order valence-electron chi connectivity index (χ0n) is 19.7. The third kappa shape index (κ3) is 4.39. The minimum absolute atomic E-state index is 0.110. The largest absolute Gasteiger partial charge is 0.394 e. The molecule has 1 fully saturated rings. The fourth-order valence-corrected chi connectivity index (χ4v) is 6.09. The van der Waals surface area contributed by atoms with Gasteiger partial charge in [0.2, 0.25) is 11.8 Å². The maximum Gasteiger partial charge on any atom is 0.256 e. The molecule has 5 atom stereocenters. The molecule has 7 nitrogen and oxygen atoms in total. The van der Waals surface area contributed by atoms with Crippen molar-refractivity contribution in [1.29, 1.82) is 0 Å². The van der Waals surface area contributed by atoms with E-state index in [4.69, 9.17) is 0 Å². The average molecular weight is 462 g/mol. The van der Waals surface area contributed by atoms with Crippen LogP contribution >= 0.6 is 11.8 Å². The Labute approximate surface area is 194 Å². The van der Waals surface area contributed by atoms with Crippen molar-refractivity contribution in [2.24, 2.45) is 11.8 Å². The Kier molecular flexibility index (Phi) is 7.25. The van der Waals surface area contributed by atoms with Crippen LogP contribution in [-0.2, 0) is 9.59 Å². The van der Waals surface area contributed by atoms with Crippen molar-refractivity contribution in [3.05, 3.63) is 35.4 Å². The van der Waals surface area contributed by atoms with Gasteiger partial charge in [0.1, 0.15) is 17.5 Å². The number of hydrogen-bond acceptors (Lipinski definition) is 5. The first-order valence-corrected chi connectivity index (χ1v) is 12.2. The summed E-state index contributed by atoms with van der Waals surface area (Å²) in [5.41, 5.74) is 1.57. The standard InChI is InChI=1S/C24H35N3O4S/c1-7-14(4)17(12-28)25-20(29)18(13(2)3)26-21(30)19-24(5,6)32-23-16-11-9-8-10-15(16)22(31)27(19)23/h8-11,13-14,17-19,23,28H,7,12H2,1-6H3,(H,25,29)(H,26,30)/t14-,17+,18-,19+,23-/m0/s1. The molecule has 0 unspecified atom stereocenters. The Balaban J connectivity index is 1.81. The molecule has 1 aromatic rings. The van der Waals surface area contributed by atoms with Crippen molar-refractivity contribution in [2.75, 3.05) is 6.61 Å². The number of hydrogen-bond donors (Lipinski definition) is 3. The van der Waals surface area contributed by atoms with E-state index in [1.807, 2.05) is 59.7 Å². The van der Waals surface area contributed by atoms with Gasteiger partial charge in [0, 0.05) is 10.3 Å². The SMILES string of the molecule is CC[C@H](C)[C@@H](CO)NC(=O)[C@@H](NC(=O)[C@H]1N2C(=O)c3ccccc3[C@@H]2SC1(C)C)C(C)C. The maximum absolute atomic E-state index is 13.5. The molecule has 0 aliphatic carbocycles. The van der Waals surface area contributed by atoms with Crippen molar-refractivity contribution in [2.45, 2.75) is 76.2 Å². The number of aliphatic hydroxyl groups is 1. The number of nitrogens with one attached hydrogen (secondary N) is 2. The molecule has 8 heteroatoms.